The average Bonchev–Trinajstić information content (AvgIpc) is 2.67. The summed E-state index contributed by atoms with van der Waals surface area (Å²) in [4.78, 5) is 9.07. The lowest BCUT2D eigenvalue weighted by Gasteiger charge is -2.11. The van der Waals surface area contributed by atoms with Gasteiger partial charge >= 0.3 is 0 Å². The molecule has 0 saturated heterocycles. The Morgan fingerprint density at radius 1 is 0.875 bits per heavy atom. The molecule has 2 aromatic carbocycles. The number of hydrogen-bond acceptors (Lipinski definition) is 3. The molecule has 3 heteroatoms. The molecule has 0 radical (unpaired) electrons. The fraction of sp³-hybridized carbons (Fsp3) is 0.143. The number of ether oxygens (including phenoxy) is 1. The Kier molecular flexibility index (Phi) is 4.07. The van der Waals surface area contributed by atoms with E-state index in [1.165, 1.54) is 5.56 Å². The van der Waals surface area contributed by atoms with Gasteiger partial charge in [-0.3, -0.25) is 9.98 Å². The first kappa shape index (κ1) is 14.6. The Labute approximate surface area is 141 Å². The van der Waals surface area contributed by atoms with Gasteiger partial charge in [0.25, 0.3) is 0 Å². The summed E-state index contributed by atoms with van der Waals surface area (Å²) >= 11 is 0. The summed E-state index contributed by atoms with van der Waals surface area (Å²) in [5.74, 6) is 0.868. The van der Waals surface area contributed by atoms with Gasteiger partial charge in [0.2, 0.25) is 0 Å². The van der Waals surface area contributed by atoms with Crippen molar-refractivity contribution in [3.63, 3.8) is 0 Å². The molecule has 1 aliphatic rings. The van der Waals surface area contributed by atoms with Crippen LogP contribution in [0.5, 0.6) is 5.75 Å². The van der Waals surface area contributed by atoms with Crippen LogP contribution < -0.4 is 4.74 Å². The van der Waals surface area contributed by atoms with Gasteiger partial charge in [0, 0.05) is 30.3 Å². The van der Waals surface area contributed by atoms with E-state index in [-0.39, 0.29) is 0 Å². The van der Waals surface area contributed by atoms with Gasteiger partial charge in [-0.05, 0) is 42.0 Å². The molecule has 0 spiro atoms. The minimum Gasteiger partial charge on any atom is -0.489 e. The first-order valence-corrected chi connectivity index (χ1v) is 8.15. The molecule has 118 valence electrons. The smallest absolute Gasteiger partial charge is 0.119 e. The molecule has 0 N–H and O–H groups in total. The molecule has 3 aromatic rings. The molecule has 1 aliphatic heterocycles. The normalized spacial score (nSPS) is 12.7. The predicted octanol–water partition coefficient (Wildman–Crippen LogP) is 4.30. The van der Waals surface area contributed by atoms with E-state index in [1.54, 1.807) is 0 Å². The van der Waals surface area contributed by atoms with E-state index < -0.39 is 0 Å². The lowest BCUT2D eigenvalue weighted by molar-refractivity contribution is 0.306. The van der Waals surface area contributed by atoms with Crippen LogP contribution in [0.25, 0.3) is 11.3 Å². The van der Waals surface area contributed by atoms with E-state index in [9.17, 15) is 0 Å². The highest BCUT2D eigenvalue weighted by Gasteiger charge is 2.09. The van der Waals surface area contributed by atoms with Gasteiger partial charge in [0.05, 0.1) is 11.4 Å². The van der Waals surface area contributed by atoms with Crippen molar-refractivity contribution in [2.75, 3.05) is 6.54 Å². The number of nitrogens with zero attached hydrogens (tertiary/aromatic N) is 2. The average molecular weight is 314 g/mol. The number of aromatic nitrogens is 1. The molecule has 0 saturated carbocycles. The lowest BCUT2D eigenvalue weighted by atomic mass is 10.1. The third-order valence-electron chi connectivity index (χ3n) is 4.12. The maximum Gasteiger partial charge on any atom is 0.119 e. The summed E-state index contributed by atoms with van der Waals surface area (Å²) in [5, 5.41) is 0. The second-order valence-electron chi connectivity index (χ2n) is 5.82. The molecule has 0 bridgehead atoms. The number of pyridine rings is 1. The van der Waals surface area contributed by atoms with Gasteiger partial charge in [-0.2, -0.15) is 0 Å². The number of benzene rings is 2. The number of rotatable bonds is 4. The van der Waals surface area contributed by atoms with Gasteiger partial charge in [-0.25, -0.2) is 0 Å². The fourth-order valence-electron chi connectivity index (χ4n) is 2.79. The van der Waals surface area contributed by atoms with Crippen molar-refractivity contribution in [2.24, 2.45) is 4.99 Å². The Morgan fingerprint density at radius 3 is 2.54 bits per heavy atom. The molecular formula is C21H18N2O. The largest absolute Gasteiger partial charge is 0.489 e. The summed E-state index contributed by atoms with van der Waals surface area (Å²) in [7, 11) is 0. The van der Waals surface area contributed by atoms with Crippen LogP contribution >= 0.6 is 0 Å². The van der Waals surface area contributed by atoms with Crippen LogP contribution in [-0.4, -0.2) is 17.7 Å². The summed E-state index contributed by atoms with van der Waals surface area (Å²) < 4.78 is 5.84. The molecule has 0 atom stereocenters. The summed E-state index contributed by atoms with van der Waals surface area (Å²) in [6.07, 6.45) is 2.83. The highest BCUT2D eigenvalue weighted by molar-refractivity contribution is 5.82. The summed E-state index contributed by atoms with van der Waals surface area (Å²) in [6, 6.07) is 22.5. The van der Waals surface area contributed by atoms with Crippen molar-refractivity contribution in [1.82, 2.24) is 4.98 Å². The Morgan fingerprint density at radius 2 is 1.71 bits per heavy atom. The van der Waals surface area contributed by atoms with Crippen molar-refractivity contribution in [3.8, 4) is 17.0 Å². The first-order valence-electron chi connectivity index (χ1n) is 8.15. The van der Waals surface area contributed by atoms with Gasteiger partial charge in [-0.15, -0.1) is 0 Å². The van der Waals surface area contributed by atoms with Crippen molar-refractivity contribution in [2.45, 2.75) is 13.0 Å². The zero-order valence-corrected chi connectivity index (χ0v) is 13.4. The molecule has 0 fully saturated rings. The Hall–Kier alpha value is -2.94. The summed E-state index contributed by atoms with van der Waals surface area (Å²) in [6.45, 7) is 1.41. The van der Waals surface area contributed by atoms with E-state index in [0.717, 1.165) is 41.2 Å². The minimum absolute atomic E-state index is 0.580. The van der Waals surface area contributed by atoms with Crippen molar-refractivity contribution in [1.29, 1.82) is 0 Å². The van der Waals surface area contributed by atoms with Gasteiger partial charge in [0.1, 0.15) is 12.4 Å². The van der Waals surface area contributed by atoms with Crippen molar-refractivity contribution in [3.05, 3.63) is 83.6 Å². The zero-order valence-electron chi connectivity index (χ0n) is 13.4. The maximum atomic E-state index is 5.84. The summed E-state index contributed by atoms with van der Waals surface area (Å²) in [5.41, 5.74) is 5.53. The van der Waals surface area contributed by atoms with E-state index >= 15 is 0 Å². The third-order valence-corrected chi connectivity index (χ3v) is 4.12. The molecule has 2 heterocycles. The highest BCUT2D eigenvalue weighted by atomic mass is 16.5. The van der Waals surface area contributed by atoms with E-state index in [4.69, 9.17) is 9.72 Å². The van der Waals surface area contributed by atoms with E-state index in [0.29, 0.717) is 6.61 Å². The second kappa shape index (κ2) is 6.67. The van der Waals surface area contributed by atoms with Gasteiger partial charge in [0.15, 0.2) is 0 Å². The van der Waals surface area contributed by atoms with Crippen LogP contribution in [0.2, 0.25) is 0 Å². The van der Waals surface area contributed by atoms with Crippen molar-refractivity contribution >= 4 is 6.21 Å². The monoisotopic (exact) mass is 314 g/mol. The predicted molar refractivity (Wildman–Crippen MR) is 96.6 cm³/mol. The molecule has 0 unspecified atom stereocenters. The standard InChI is InChI=1S/C21H18N2O/c1-2-4-16(5-3-1)15-24-19-9-6-17(7-10-19)20-11-8-18-14-22-13-12-21(18)23-20/h1-11,14H,12-13,15H2. The Bertz CT molecular complexity index is 855. The quantitative estimate of drug-likeness (QED) is 0.719. The molecule has 3 nitrogen and oxygen atoms in total. The third kappa shape index (κ3) is 3.20. The van der Waals surface area contributed by atoms with Crippen LogP contribution in [0.3, 0.4) is 0 Å². The topological polar surface area (TPSA) is 34.5 Å². The van der Waals surface area contributed by atoms with Gasteiger partial charge < -0.3 is 4.74 Å². The molecule has 4 rings (SSSR count). The SMILES string of the molecule is C1=NCCc2nc(-c3ccc(OCc4ccccc4)cc3)ccc21. The van der Waals surface area contributed by atoms with Crippen LogP contribution in [0.15, 0.2) is 71.7 Å². The first-order chi connectivity index (χ1) is 11.9. The molecule has 24 heavy (non-hydrogen) atoms. The van der Waals surface area contributed by atoms with Crippen LogP contribution in [-0.2, 0) is 13.0 Å². The lowest BCUT2D eigenvalue weighted by Crippen LogP contribution is -2.06. The number of hydrogen-bond donors (Lipinski definition) is 0. The van der Waals surface area contributed by atoms with E-state index in [2.05, 4.69) is 41.4 Å². The van der Waals surface area contributed by atoms with E-state index in [1.807, 2.05) is 36.5 Å². The minimum atomic E-state index is 0.580. The van der Waals surface area contributed by atoms with Crippen LogP contribution in [0.4, 0.5) is 0 Å². The van der Waals surface area contributed by atoms with Gasteiger partial charge in [-0.1, -0.05) is 30.3 Å². The molecule has 0 aliphatic carbocycles. The molecule has 0 amide bonds. The maximum absolute atomic E-state index is 5.84. The zero-order chi connectivity index (χ0) is 16.2. The fourth-order valence-corrected chi connectivity index (χ4v) is 2.79. The van der Waals surface area contributed by atoms with Crippen molar-refractivity contribution < 1.29 is 4.74 Å². The second-order valence-corrected chi connectivity index (χ2v) is 5.82. The highest BCUT2D eigenvalue weighted by Crippen LogP contribution is 2.23. The number of aliphatic imine (C=N–C) groups is 1. The Balaban J connectivity index is 1.48. The van der Waals surface area contributed by atoms with Crippen LogP contribution in [0, 0.1) is 0 Å². The number of fused-ring (bicyclic) bond motifs is 1. The van der Waals surface area contributed by atoms with Crippen LogP contribution in [0.1, 0.15) is 16.8 Å². The molecule has 1 aromatic heterocycles. The molecular weight excluding hydrogens is 296 g/mol.